The number of ketones is 1. The number of thiophene rings is 1. The average Bonchev–Trinajstić information content (AvgIpc) is 2.89. The molecule has 1 aromatic carbocycles. The highest BCUT2D eigenvalue weighted by molar-refractivity contribution is 7.16. The van der Waals surface area contributed by atoms with Gasteiger partial charge in [0.25, 0.3) is 0 Å². The predicted molar refractivity (Wildman–Crippen MR) is 79.1 cm³/mol. The summed E-state index contributed by atoms with van der Waals surface area (Å²) in [6.07, 6.45) is 0.251. The maximum Gasteiger partial charge on any atom is 0.306 e. The van der Waals surface area contributed by atoms with E-state index in [9.17, 15) is 9.59 Å². The van der Waals surface area contributed by atoms with Crippen LogP contribution < -0.4 is 0 Å². The maximum atomic E-state index is 11.8. The SMILES string of the molecule is O=C(CCC(=O)c1ccccc1)OCc1ccc(Cl)s1. The first-order valence-corrected chi connectivity index (χ1v) is 7.32. The van der Waals surface area contributed by atoms with Crippen molar-refractivity contribution in [1.29, 1.82) is 0 Å². The third-order valence-electron chi connectivity index (χ3n) is 2.66. The van der Waals surface area contributed by atoms with E-state index in [0.717, 1.165) is 4.88 Å². The highest BCUT2D eigenvalue weighted by atomic mass is 35.5. The molecule has 0 N–H and O–H groups in total. The number of Topliss-reactive ketones (excluding diaryl/α,β-unsaturated/α-hetero) is 1. The van der Waals surface area contributed by atoms with Gasteiger partial charge in [-0.1, -0.05) is 41.9 Å². The van der Waals surface area contributed by atoms with Crippen LogP contribution in [0.4, 0.5) is 0 Å². The van der Waals surface area contributed by atoms with Crippen molar-refractivity contribution in [3.8, 4) is 0 Å². The van der Waals surface area contributed by atoms with Gasteiger partial charge in [-0.05, 0) is 12.1 Å². The molecule has 0 amide bonds. The summed E-state index contributed by atoms with van der Waals surface area (Å²) in [6.45, 7) is 0.204. The van der Waals surface area contributed by atoms with Gasteiger partial charge in [0.1, 0.15) is 6.61 Å². The van der Waals surface area contributed by atoms with E-state index in [0.29, 0.717) is 9.90 Å². The van der Waals surface area contributed by atoms with Crippen LogP contribution in [0, 0.1) is 0 Å². The minimum absolute atomic E-state index is 0.0540. The number of hydrogen-bond acceptors (Lipinski definition) is 4. The van der Waals surface area contributed by atoms with Crippen molar-refractivity contribution >= 4 is 34.7 Å². The Balaban J connectivity index is 1.74. The van der Waals surface area contributed by atoms with Crippen LogP contribution in [-0.4, -0.2) is 11.8 Å². The summed E-state index contributed by atoms with van der Waals surface area (Å²) < 4.78 is 5.75. The predicted octanol–water partition coefficient (Wildman–Crippen LogP) is 4.11. The highest BCUT2D eigenvalue weighted by Gasteiger charge is 2.10. The van der Waals surface area contributed by atoms with Crippen LogP contribution in [0.15, 0.2) is 42.5 Å². The van der Waals surface area contributed by atoms with Gasteiger partial charge in [0.05, 0.1) is 10.8 Å². The second-order valence-corrected chi connectivity index (χ2v) is 5.96. The summed E-state index contributed by atoms with van der Waals surface area (Å²) in [7, 11) is 0. The van der Waals surface area contributed by atoms with E-state index in [1.54, 1.807) is 30.3 Å². The largest absolute Gasteiger partial charge is 0.460 e. The first-order chi connectivity index (χ1) is 9.65. The zero-order chi connectivity index (χ0) is 14.4. The van der Waals surface area contributed by atoms with Crippen LogP contribution >= 0.6 is 22.9 Å². The molecular weight excluding hydrogens is 296 g/mol. The maximum absolute atomic E-state index is 11.8. The van der Waals surface area contributed by atoms with E-state index >= 15 is 0 Å². The molecule has 1 heterocycles. The number of carbonyl (C=O) groups excluding carboxylic acids is 2. The molecule has 0 spiro atoms. The quantitative estimate of drug-likeness (QED) is 0.596. The molecular formula is C15H13ClO3S. The zero-order valence-corrected chi connectivity index (χ0v) is 12.2. The zero-order valence-electron chi connectivity index (χ0n) is 10.7. The van der Waals surface area contributed by atoms with Gasteiger partial charge < -0.3 is 4.74 Å². The van der Waals surface area contributed by atoms with E-state index in [2.05, 4.69) is 0 Å². The molecule has 0 saturated heterocycles. The molecule has 2 aromatic rings. The van der Waals surface area contributed by atoms with E-state index < -0.39 is 0 Å². The Bertz CT molecular complexity index is 592. The Morgan fingerprint density at radius 3 is 2.45 bits per heavy atom. The first kappa shape index (κ1) is 14.8. The molecule has 0 aliphatic carbocycles. The van der Waals surface area contributed by atoms with Crippen LogP contribution in [0.5, 0.6) is 0 Å². The summed E-state index contributed by atoms with van der Waals surface area (Å²) in [5.74, 6) is -0.430. The van der Waals surface area contributed by atoms with Crippen molar-refractivity contribution in [2.45, 2.75) is 19.4 Å². The fraction of sp³-hybridized carbons (Fsp3) is 0.200. The van der Waals surface area contributed by atoms with Gasteiger partial charge in [-0.2, -0.15) is 0 Å². The molecule has 3 nitrogen and oxygen atoms in total. The smallest absolute Gasteiger partial charge is 0.306 e. The Kier molecular flexibility index (Phi) is 5.32. The van der Waals surface area contributed by atoms with Crippen LogP contribution in [0.2, 0.25) is 4.34 Å². The molecule has 104 valence electrons. The van der Waals surface area contributed by atoms with Gasteiger partial charge in [0, 0.05) is 16.9 Å². The van der Waals surface area contributed by atoms with Crippen molar-refractivity contribution < 1.29 is 14.3 Å². The van der Waals surface area contributed by atoms with Gasteiger partial charge in [0.2, 0.25) is 0 Å². The molecule has 0 atom stereocenters. The Morgan fingerprint density at radius 2 is 1.80 bits per heavy atom. The van der Waals surface area contributed by atoms with Crippen molar-refractivity contribution in [1.82, 2.24) is 0 Å². The Morgan fingerprint density at radius 1 is 1.05 bits per heavy atom. The lowest BCUT2D eigenvalue weighted by atomic mass is 10.1. The number of rotatable bonds is 6. The lowest BCUT2D eigenvalue weighted by molar-refractivity contribution is -0.144. The molecule has 0 saturated carbocycles. The van der Waals surface area contributed by atoms with Gasteiger partial charge >= 0.3 is 5.97 Å². The van der Waals surface area contributed by atoms with Crippen molar-refractivity contribution in [2.24, 2.45) is 0 Å². The molecule has 0 radical (unpaired) electrons. The van der Waals surface area contributed by atoms with Gasteiger partial charge in [0.15, 0.2) is 5.78 Å². The van der Waals surface area contributed by atoms with Crippen LogP contribution in [0.25, 0.3) is 0 Å². The van der Waals surface area contributed by atoms with Crippen molar-refractivity contribution in [2.75, 3.05) is 0 Å². The van der Waals surface area contributed by atoms with Gasteiger partial charge in [-0.3, -0.25) is 9.59 Å². The normalized spacial score (nSPS) is 10.2. The lowest BCUT2D eigenvalue weighted by Gasteiger charge is -2.03. The Hall–Kier alpha value is -1.65. The molecule has 5 heteroatoms. The average molecular weight is 309 g/mol. The fourth-order valence-corrected chi connectivity index (χ4v) is 2.64. The summed E-state index contributed by atoms with van der Waals surface area (Å²) in [6, 6.07) is 12.5. The van der Waals surface area contributed by atoms with Crippen LogP contribution in [0.1, 0.15) is 28.1 Å². The van der Waals surface area contributed by atoms with E-state index in [1.807, 2.05) is 12.1 Å². The molecule has 20 heavy (non-hydrogen) atoms. The van der Waals surface area contributed by atoms with E-state index in [1.165, 1.54) is 11.3 Å². The summed E-state index contributed by atoms with van der Waals surface area (Å²) in [5.41, 5.74) is 0.616. The topological polar surface area (TPSA) is 43.4 Å². The second-order valence-electron chi connectivity index (χ2n) is 4.16. The molecule has 0 fully saturated rings. The number of carbonyl (C=O) groups is 2. The monoisotopic (exact) mass is 308 g/mol. The third kappa shape index (κ3) is 4.47. The number of esters is 1. The standard InChI is InChI=1S/C15H13ClO3S/c16-14-8-6-12(20-14)10-19-15(18)9-7-13(17)11-4-2-1-3-5-11/h1-6,8H,7,9-10H2. The van der Waals surface area contributed by atoms with Gasteiger partial charge in [-0.15, -0.1) is 11.3 Å². The fourth-order valence-electron chi connectivity index (χ4n) is 1.64. The first-order valence-electron chi connectivity index (χ1n) is 6.13. The molecule has 2 rings (SSSR count). The molecule has 0 bridgehead atoms. The lowest BCUT2D eigenvalue weighted by Crippen LogP contribution is -2.07. The summed E-state index contributed by atoms with van der Waals surface area (Å²) in [4.78, 5) is 24.2. The van der Waals surface area contributed by atoms with Crippen molar-refractivity contribution in [3.63, 3.8) is 0 Å². The molecule has 0 aliphatic rings. The highest BCUT2D eigenvalue weighted by Crippen LogP contribution is 2.22. The van der Waals surface area contributed by atoms with Crippen molar-refractivity contribution in [3.05, 3.63) is 57.2 Å². The van der Waals surface area contributed by atoms with Gasteiger partial charge in [-0.25, -0.2) is 0 Å². The summed E-state index contributed by atoms with van der Waals surface area (Å²) >= 11 is 7.15. The van der Waals surface area contributed by atoms with E-state index in [4.69, 9.17) is 16.3 Å². The molecule has 0 aliphatic heterocycles. The van der Waals surface area contributed by atoms with Crippen LogP contribution in [0.3, 0.4) is 0 Å². The summed E-state index contributed by atoms with van der Waals surface area (Å²) in [5, 5.41) is 0. The molecule has 0 unspecified atom stereocenters. The Labute approximate surface area is 126 Å². The number of halogens is 1. The number of hydrogen-bond donors (Lipinski definition) is 0. The number of benzene rings is 1. The third-order valence-corrected chi connectivity index (χ3v) is 3.86. The number of ether oxygens (including phenoxy) is 1. The molecule has 1 aromatic heterocycles. The van der Waals surface area contributed by atoms with Crippen LogP contribution in [-0.2, 0) is 16.1 Å². The minimum atomic E-state index is -0.376. The minimum Gasteiger partial charge on any atom is -0.460 e. The second kappa shape index (κ2) is 7.22. The van der Waals surface area contributed by atoms with E-state index in [-0.39, 0.29) is 31.2 Å².